The van der Waals surface area contributed by atoms with E-state index >= 15 is 0 Å². The van der Waals surface area contributed by atoms with Crippen LogP contribution in [0.5, 0.6) is 0 Å². The van der Waals surface area contributed by atoms with E-state index in [4.69, 9.17) is 9.57 Å². The molecule has 0 N–H and O–H groups in total. The SMILES string of the molecule is Cc1ccsc1CN1CC2(C1)CN(C)[C@H](C(=O)N1CCCCO1)CO2. The van der Waals surface area contributed by atoms with E-state index in [1.165, 1.54) is 10.4 Å². The van der Waals surface area contributed by atoms with E-state index in [1.54, 1.807) is 5.06 Å². The third kappa shape index (κ3) is 3.48. The largest absolute Gasteiger partial charge is 0.369 e. The van der Waals surface area contributed by atoms with Gasteiger partial charge in [-0.25, -0.2) is 5.06 Å². The molecule has 7 heteroatoms. The van der Waals surface area contributed by atoms with Crippen molar-refractivity contribution in [1.82, 2.24) is 14.9 Å². The van der Waals surface area contributed by atoms with Crippen molar-refractivity contribution in [2.75, 3.05) is 46.4 Å². The molecule has 1 atom stereocenters. The molecule has 3 aliphatic heterocycles. The van der Waals surface area contributed by atoms with E-state index in [9.17, 15) is 4.79 Å². The minimum atomic E-state index is -0.225. The molecule has 4 heterocycles. The van der Waals surface area contributed by atoms with Gasteiger partial charge in [0.2, 0.25) is 0 Å². The van der Waals surface area contributed by atoms with Crippen molar-refractivity contribution in [3.8, 4) is 0 Å². The summed E-state index contributed by atoms with van der Waals surface area (Å²) in [6, 6.07) is 1.96. The smallest absolute Gasteiger partial charge is 0.265 e. The number of amides is 1. The first-order valence-corrected chi connectivity index (χ1v) is 9.98. The lowest BCUT2D eigenvalue weighted by Crippen LogP contribution is -2.72. The van der Waals surface area contributed by atoms with Crippen molar-refractivity contribution in [1.29, 1.82) is 0 Å². The number of aryl methyl sites for hydroxylation is 1. The standard InChI is InChI=1S/C18H27N3O3S/c1-14-5-8-25-16(14)9-20-12-18(13-20)11-19(2)15(10-23-18)17(22)21-6-3-4-7-24-21/h5,8,15H,3-4,6-7,9-13H2,1-2H3/t15-/m0/s1. The highest BCUT2D eigenvalue weighted by Crippen LogP contribution is 2.33. The molecule has 1 aromatic rings. The second-order valence-corrected chi connectivity index (χ2v) is 8.58. The summed E-state index contributed by atoms with van der Waals surface area (Å²) in [4.78, 5) is 24.2. The van der Waals surface area contributed by atoms with Crippen molar-refractivity contribution in [3.63, 3.8) is 0 Å². The van der Waals surface area contributed by atoms with Crippen molar-refractivity contribution in [2.24, 2.45) is 0 Å². The Balaban J connectivity index is 1.30. The predicted molar refractivity (Wildman–Crippen MR) is 96.3 cm³/mol. The predicted octanol–water partition coefficient (Wildman–Crippen LogP) is 1.50. The van der Waals surface area contributed by atoms with Crippen molar-refractivity contribution in [2.45, 2.75) is 38.0 Å². The first-order valence-electron chi connectivity index (χ1n) is 9.10. The average molecular weight is 365 g/mol. The van der Waals surface area contributed by atoms with E-state index in [0.29, 0.717) is 19.8 Å². The quantitative estimate of drug-likeness (QED) is 0.812. The fourth-order valence-electron chi connectivity index (χ4n) is 4.03. The van der Waals surface area contributed by atoms with Crippen LogP contribution in [0.1, 0.15) is 23.3 Å². The van der Waals surface area contributed by atoms with Gasteiger partial charge < -0.3 is 4.74 Å². The summed E-state index contributed by atoms with van der Waals surface area (Å²) in [5.41, 5.74) is 1.26. The summed E-state index contributed by atoms with van der Waals surface area (Å²) in [7, 11) is 2.03. The van der Waals surface area contributed by atoms with Crippen LogP contribution in [0.2, 0.25) is 0 Å². The molecular weight excluding hydrogens is 338 g/mol. The summed E-state index contributed by atoms with van der Waals surface area (Å²) in [5, 5.41) is 3.70. The van der Waals surface area contributed by atoms with Crippen LogP contribution in [0.3, 0.4) is 0 Å². The Morgan fingerprint density at radius 2 is 2.20 bits per heavy atom. The van der Waals surface area contributed by atoms with E-state index < -0.39 is 0 Å². The van der Waals surface area contributed by atoms with Crippen LogP contribution in [0, 0.1) is 6.92 Å². The highest BCUT2D eigenvalue weighted by atomic mass is 32.1. The van der Waals surface area contributed by atoms with Gasteiger partial charge >= 0.3 is 0 Å². The number of nitrogens with zero attached hydrogens (tertiary/aromatic N) is 3. The molecule has 4 rings (SSSR count). The maximum atomic E-state index is 12.7. The molecule has 1 aromatic heterocycles. The minimum Gasteiger partial charge on any atom is -0.369 e. The molecule has 1 spiro atoms. The second kappa shape index (κ2) is 6.96. The number of morpholine rings is 1. The van der Waals surface area contributed by atoms with Crippen LogP contribution in [0.4, 0.5) is 0 Å². The molecule has 0 radical (unpaired) electrons. The van der Waals surface area contributed by atoms with Gasteiger partial charge in [-0.2, -0.15) is 0 Å². The zero-order chi connectivity index (χ0) is 17.4. The summed E-state index contributed by atoms with van der Waals surface area (Å²) in [6.45, 7) is 7.66. The molecular formula is C18H27N3O3S. The molecule has 3 aliphatic rings. The molecule has 0 aliphatic carbocycles. The Kier molecular flexibility index (Phi) is 4.85. The van der Waals surface area contributed by atoms with Gasteiger partial charge in [-0.15, -0.1) is 11.3 Å². The van der Waals surface area contributed by atoms with Crippen molar-refractivity contribution >= 4 is 17.2 Å². The Bertz CT molecular complexity index is 623. The number of likely N-dealkylation sites (tertiary alicyclic amines) is 1. The van der Waals surface area contributed by atoms with Crippen LogP contribution < -0.4 is 0 Å². The second-order valence-electron chi connectivity index (χ2n) is 7.58. The summed E-state index contributed by atoms with van der Waals surface area (Å²) in [5.74, 6) is 0.0439. The van der Waals surface area contributed by atoms with E-state index in [1.807, 2.05) is 18.4 Å². The van der Waals surface area contributed by atoms with Crippen molar-refractivity contribution in [3.05, 3.63) is 21.9 Å². The van der Waals surface area contributed by atoms with Gasteiger partial charge in [0, 0.05) is 37.6 Å². The number of carbonyl (C=O) groups excluding carboxylic acids is 1. The molecule has 0 aromatic carbocycles. The monoisotopic (exact) mass is 365 g/mol. The lowest BCUT2D eigenvalue weighted by Gasteiger charge is -2.55. The van der Waals surface area contributed by atoms with Crippen LogP contribution in [-0.2, 0) is 20.9 Å². The Morgan fingerprint density at radius 3 is 2.84 bits per heavy atom. The number of carbonyl (C=O) groups is 1. The van der Waals surface area contributed by atoms with Gasteiger partial charge in [0.05, 0.1) is 13.2 Å². The number of hydrogen-bond acceptors (Lipinski definition) is 6. The first-order chi connectivity index (χ1) is 12.1. The number of likely N-dealkylation sites (N-methyl/N-ethyl adjacent to an activating group) is 1. The molecule has 3 fully saturated rings. The van der Waals surface area contributed by atoms with Crippen LogP contribution in [0.15, 0.2) is 11.4 Å². The van der Waals surface area contributed by atoms with Gasteiger partial charge in [-0.05, 0) is 43.8 Å². The average Bonchev–Trinajstić information content (AvgIpc) is 2.99. The van der Waals surface area contributed by atoms with Crippen LogP contribution in [0.25, 0.3) is 0 Å². The summed E-state index contributed by atoms with van der Waals surface area (Å²) >= 11 is 1.83. The highest BCUT2D eigenvalue weighted by molar-refractivity contribution is 7.10. The lowest BCUT2D eigenvalue weighted by atomic mass is 9.90. The maximum absolute atomic E-state index is 12.7. The van der Waals surface area contributed by atoms with Crippen LogP contribution >= 0.6 is 11.3 Å². The zero-order valence-electron chi connectivity index (χ0n) is 15.1. The molecule has 0 saturated carbocycles. The Morgan fingerprint density at radius 1 is 1.36 bits per heavy atom. The Labute approximate surface area is 153 Å². The summed E-state index contributed by atoms with van der Waals surface area (Å²) < 4.78 is 6.19. The zero-order valence-corrected chi connectivity index (χ0v) is 15.9. The summed E-state index contributed by atoms with van der Waals surface area (Å²) in [6.07, 6.45) is 2.05. The number of rotatable bonds is 3. The third-order valence-electron chi connectivity index (χ3n) is 5.51. The number of thiophene rings is 1. The van der Waals surface area contributed by atoms with E-state index in [2.05, 4.69) is 28.2 Å². The van der Waals surface area contributed by atoms with Gasteiger partial charge in [-0.3, -0.25) is 19.4 Å². The third-order valence-corrected chi connectivity index (χ3v) is 6.52. The molecule has 138 valence electrons. The van der Waals surface area contributed by atoms with Gasteiger partial charge in [-0.1, -0.05) is 0 Å². The minimum absolute atomic E-state index is 0.0439. The number of hydrogen-bond donors (Lipinski definition) is 0. The fraction of sp³-hybridized carbons (Fsp3) is 0.722. The highest BCUT2D eigenvalue weighted by Gasteiger charge is 2.50. The Hall–Kier alpha value is -0.990. The normalized spacial score (nSPS) is 27.4. The molecule has 3 saturated heterocycles. The molecule has 25 heavy (non-hydrogen) atoms. The molecule has 0 bridgehead atoms. The van der Waals surface area contributed by atoms with Crippen molar-refractivity contribution < 1.29 is 14.4 Å². The molecule has 6 nitrogen and oxygen atoms in total. The first kappa shape index (κ1) is 17.4. The van der Waals surface area contributed by atoms with Gasteiger partial charge in [0.15, 0.2) is 0 Å². The van der Waals surface area contributed by atoms with Gasteiger partial charge in [0.1, 0.15) is 11.6 Å². The number of ether oxygens (including phenoxy) is 1. The maximum Gasteiger partial charge on any atom is 0.265 e. The molecule has 0 unspecified atom stereocenters. The fourth-order valence-corrected chi connectivity index (χ4v) is 4.98. The van der Waals surface area contributed by atoms with Crippen LogP contribution in [-0.4, -0.2) is 78.9 Å². The van der Waals surface area contributed by atoms with E-state index in [-0.39, 0.29) is 17.6 Å². The number of hydroxylamine groups is 2. The van der Waals surface area contributed by atoms with E-state index in [0.717, 1.165) is 39.0 Å². The molecule has 1 amide bonds. The topological polar surface area (TPSA) is 45.2 Å². The lowest BCUT2D eigenvalue weighted by molar-refractivity contribution is -0.224. The van der Waals surface area contributed by atoms with Gasteiger partial charge in [0.25, 0.3) is 5.91 Å².